The predicted molar refractivity (Wildman–Crippen MR) is 294 cm³/mol. The molecular weight excluding hydrogens is 1160 g/mol. The molecule has 0 radical (unpaired) electrons. The van der Waals surface area contributed by atoms with Gasteiger partial charge in [0, 0.05) is 13.8 Å². The van der Waals surface area contributed by atoms with Crippen molar-refractivity contribution in [1.29, 1.82) is 0 Å². The maximum absolute atomic E-state index is 13.3. The molecule has 29 nitrogen and oxygen atoms in total. The summed E-state index contributed by atoms with van der Waals surface area (Å²) in [6, 6.07) is -3.69. The van der Waals surface area contributed by atoms with E-state index in [4.69, 9.17) is 42.2 Å². The first kappa shape index (κ1) is 73.9. The second-order valence-corrected chi connectivity index (χ2v) is 25.1. The van der Waals surface area contributed by atoms with Crippen LogP contribution in [0.3, 0.4) is 0 Å². The van der Waals surface area contributed by atoms with E-state index in [0.717, 1.165) is 58.8 Å². The topological polar surface area (TPSA) is 448 Å². The number of aliphatic hydroxyl groups excluding tert-OH is 11. The number of rotatable bonds is 32. The Bertz CT molecular complexity index is 2270. The van der Waals surface area contributed by atoms with Gasteiger partial charge in [0.1, 0.15) is 97.5 Å². The molecule has 0 aromatic rings. The highest BCUT2D eigenvalue weighted by molar-refractivity contribution is 7.61. The molecule has 4 rings (SSSR count). The van der Waals surface area contributed by atoms with Crippen molar-refractivity contribution in [2.75, 3.05) is 33.0 Å². The molecule has 0 bridgehead atoms. The van der Waals surface area contributed by atoms with Gasteiger partial charge in [0.15, 0.2) is 25.2 Å². The van der Waals surface area contributed by atoms with Crippen molar-refractivity contribution in [1.82, 2.24) is 10.6 Å². The summed E-state index contributed by atoms with van der Waals surface area (Å²) >= 11 is 0. The molecule has 486 valence electrons. The van der Waals surface area contributed by atoms with Crippen molar-refractivity contribution in [2.45, 2.75) is 236 Å². The minimum Gasteiger partial charge on any atom is -0.394 e. The van der Waals surface area contributed by atoms with Gasteiger partial charge in [-0.3, -0.25) is 18.6 Å². The van der Waals surface area contributed by atoms with E-state index in [2.05, 4.69) is 73.9 Å². The zero-order chi connectivity index (χ0) is 62.8. The Balaban J connectivity index is 1.36. The highest BCUT2D eigenvalue weighted by Gasteiger charge is 2.57. The monoisotopic (exact) mass is 1250 g/mol. The van der Waals surface area contributed by atoms with E-state index in [-0.39, 0.29) is 18.9 Å². The SMILES string of the molecule is CC(=O)N[C@H]1[C@H](O[C@H]2[C@H](O)[C@@H](NC(C)=O)C(OP(=O)(O)OP(=O)(O)OCCC(C)CC/C=C(/C)CC/C=C(\C)CC/C=C(\C)CCC=C(C)C)O[C@@H]2CO)O[C@H](CO)[C@@H](O[C@@H]2O[C@H](CO)[C@@H](O)[C@H](O[C@H]3O[C@H](CO)[C@@H](O)[C@H](O)[C@@H]3O)[C@@H]2O)[C@@H]1O. The van der Waals surface area contributed by atoms with Crippen LogP contribution >= 0.6 is 15.6 Å². The Morgan fingerprint density at radius 2 is 0.905 bits per heavy atom. The van der Waals surface area contributed by atoms with Gasteiger partial charge in [-0.05, 0) is 98.3 Å². The molecule has 4 unspecified atom stereocenters. The average molecular weight is 1250 g/mol. The lowest BCUT2D eigenvalue weighted by Crippen LogP contribution is -2.70. The molecule has 15 N–H and O–H groups in total. The zero-order valence-corrected chi connectivity index (χ0v) is 50.5. The minimum absolute atomic E-state index is 0.0125. The summed E-state index contributed by atoms with van der Waals surface area (Å²) in [5.41, 5.74) is 5.29. The normalized spacial score (nSPS) is 36.3. The van der Waals surface area contributed by atoms with E-state index < -0.39 is 177 Å². The number of carbonyl (C=O) groups is 2. The molecule has 0 aromatic heterocycles. The maximum atomic E-state index is 13.3. The smallest absolute Gasteiger partial charge is 0.394 e. The van der Waals surface area contributed by atoms with Gasteiger partial charge in [0.2, 0.25) is 11.8 Å². The first-order valence-electron chi connectivity index (χ1n) is 28.1. The van der Waals surface area contributed by atoms with E-state index in [9.17, 15) is 84.7 Å². The van der Waals surface area contributed by atoms with Crippen LogP contribution < -0.4 is 10.6 Å². The van der Waals surface area contributed by atoms with E-state index in [0.29, 0.717) is 6.42 Å². The van der Waals surface area contributed by atoms with Gasteiger partial charge in [-0.25, -0.2) is 9.13 Å². The molecule has 2 amide bonds. The molecule has 4 fully saturated rings. The molecule has 4 aliphatic heterocycles. The van der Waals surface area contributed by atoms with Gasteiger partial charge in [-0.1, -0.05) is 53.5 Å². The maximum Gasteiger partial charge on any atom is 0.483 e. The second kappa shape index (κ2) is 35.0. The summed E-state index contributed by atoms with van der Waals surface area (Å²) in [5.74, 6) is -1.75. The fourth-order valence-corrected chi connectivity index (χ4v) is 12.0. The third-order valence-corrected chi connectivity index (χ3v) is 17.2. The number of hydrogen-bond donors (Lipinski definition) is 15. The first-order chi connectivity index (χ1) is 39.5. The molecule has 23 atom stereocenters. The van der Waals surface area contributed by atoms with Gasteiger partial charge in [-0.15, -0.1) is 0 Å². The number of nitrogens with one attached hydrogen (secondary N) is 2. The summed E-state index contributed by atoms with van der Waals surface area (Å²) in [6.07, 6.45) is -17.8. The number of phosphoric ester groups is 2. The average Bonchev–Trinajstić information content (AvgIpc) is 1.37. The Morgan fingerprint density at radius 3 is 1.39 bits per heavy atom. The number of carbonyl (C=O) groups excluding carboxylic acids is 2. The third-order valence-electron chi connectivity index (χ3n) is 14.6. The van der Waals surface area contributed by atoms with Crippen molar-refractivity contribution < 1.29 is 131 Å². The summed E-state index contributed by atoms with van der Waals surface area (Å²) < 4.78 is 80.9. The van der Waals surface area contributed by atoms with Crippen molar-refractivity contribution in [3.63, 3.8) is 0 Å². The molecule has 31 heteroatoms. The number of allylic oxidation sites excluding steroid dienone is 8. The van der Waals surface area contributed by atoms with Gasteiger partial charge in [0.25, 0.3) is 0 Å². The van der Waals surface area contributed by atoms with Crippen LogP contribution in [0.15, 0.2) is 46.6 Å². The van der Waals surface area contributed by atoms with Crippen molar-refractivity contribution in [3.8, 4) is 0 Å². The Morgan fingerprint density at radius 1 is 0.488 bits per heavy atom. The van der Waals surface area contributed by atoms with E-state index >= 15 is 0 Å². The van der Waals surface area contributed by atoms with Crippen LogP contribution in [0.2, 0.25) is 0 Å². The summed E-state index contributed by atoms with van der Waals surface area (Å²) in [7, 11) is -11.1. The quantitative estimate of drug-likeness (QED) is 0.0305. The molecule has 4 heterocycles. The second-order valence-electron chi connectivity index (χ2n) is 22.1. The van der Waals surface area contributed by atoms with Crippen LogP contribution in [0.25, 0.3) is 0 Å². The molecule has 0 aromatic carbocycles. The van der Waals surface area contributed by atoms with Crippen LogP contribution in [-0.2, 0) is 65.2 Å². The Kier molecular flexibility index (Phi) is 30.8. The number of hydrogen-bond acceptors (Lipinski definition) is 25. The molecule has 0 spiro atoms. The number of amides is 2. The van der Waals surface area contributed by atoms with Crippen LogP contribution in [-0.4, -0.2) is 234 Å². The lowest BCUT2D eigenvalue weighted by Gasteiger charge is -2.50. The summed E-state index contributed by atoms with van der Waals surface area (Å²) in [4.78, 5) is 46.3. The number of aliphatic hydroxyl groups is 11. The van der Waals surface area contributed by atoms with Gasteiger partial charge in [0.05, 0.1) is 33.0 Å². The highest BCUT2D eigenvalue weighted by atomic mass is 31.3. The van der Waals surface area contributed by atoms with Crippen LogP contribution in [0.5, 0.6) is 0 Å². The van der Waals surface area contributed by atoms with E-state index in [1.54, 1.807) is 0 Å². The highest BCUT2D eigenvalue weighted by Crippen LogP contribution is 2.61. The lowest BCUT2D eigenvalue weighted by molar-refractivity contribution is -0.379. The third kappa shape index (κ3) is 22.5. The Labute approximate surface area is 489 Å². The fourth-order valence-electron chi connectivity index (χ4n) is 9.84. The van der Waals surface area contributed by atoms with Crippen molar-refractivity contribution in [3.05, 3.63) is 46.6 Å². The molecule has 4 aliphatic rings. The lowest BCUT2D eigenvalue weighted by atomic mass is 9.94. The summed E-state index contributed by atoms with van der Waals surface area (Å²) in [5, 5.41) is 122. The first-order valence-corrected chi connectivity index (χ1v) is 31.1. The van der Waals surface area contributed by atoms with Crippen LogP contribution in [0, 0.1) is 5.92 Å². The van der Waals surface area contributed by atoms with E-state index in [1.807, 2.05) is 6.92 Å². The van der Waals surface area contributed by atoms with Gasteiger partial charge >= 0.3 is 15.6 Å². The van der Waals surface area contributed by atoms with Crippen molar-refractivity contribution >= 4 is 27.5 Å². The van der Waals surface area contributed by atoms with Gasteiger partial charge < -0.3 is 110 Å². The van der Waals surface area contributed by atoms with Crippen LogP contribution in [0.1, 0.15) is 113 Å². The van der Waals surface area contributed by atoms with Crippen molar-refractivity contribution in [2.24, 2.45) is 5.92 Å². The fraction of sp³-hybridized carbons (Fsp3) is 0.811. The van der Waals surface area contributed by atoms with Crippen LogP contribution in [0.4, 0.5) is 0 Å². The number of phosphoric acid groups is 2. The Hall–Kier alpha value is -2.56. The predicted octanol–water partition coefficient (Wildman–Crippen LogP) is -0.251. The standard InChI is InChI=1S/C53H92N2O27P2/c1-27(2)13-9-14-28(3)15-10-16-29(4)17-11-18-30(5)19-12-20-31(6)21-22-73-83(69,70)82-84(71,72)81-51-39(55-33(8)61)43(65)47(37(26-59)77-51)78-50-38(54-32(7)60)42(64)48(36(25-58)76-50)79-53-46(68)49(41(63)35(24-57)75-53)80-52-45(67)44(66)40(62)34(23-56)74-52/h13,15,17,19,31,34-53,56-59,62-68H,9-12,14,16,18,20-26H2,1-8H3,(H,54,60)(H,55,61)(H,69,70)(H,71,72)/b28-15+,29-17+,30-19-/t31?,34-,35-,36-,37-,38-,39-,40-,41-,42-,43-,44+,45+,46+,47-,48-,49+,50+,51?,52-,53+/m1/s1. The zero-order valence-electron chi connectivity index (χ0n) is 48.8. The minimum atomic E-state index is -5.73. The number of ether oxygens (including phenoxy) is 7. The molecule has 4 saturated heterocycles. The molecule has 0 aliphatic carbocycles. The van der Waals surface area contributed by atoms with E-state index in [1.165, 1.54) is 22.3 Å². The molecular formula is C53H92N2O27P2. The van der Waals surface area contributed by atoms with Gasteiger partial charge in [-0.2, -0.15) is 4.31 Å². The largest absolute Gasteiger partial charge is 0.483 e. The molecule has 0 saturated carbocycles. The summed E-state index contributed by atoms with van der Waals surface area (Å²) in [6.45, 7) is 10.1. The molecule has 84 heavy (non-hydrogen) atoms.